The molecule has 9 heteroatoms. The lowest BCUT2D eigenvalue weighted by atomic mass is 10.2. The number of methoxy groups -OCH3 is 1. The van der Waals surface area contributed by atoms with E-state index in [-0.39, 0.29) is 42.4 Å². The van der Waals surface area contributed by atoms with Gasteiger partial charge in [0.1, 0.15) is 6.61 Å². The number of morpholine rings is 1. The normalized spacial score (nSPS) is 20.2. The molecule has 0 unspecified atom stereocenters. The van der Waals surface area contributed by atoms with E-state index in [4.69, 9.17) is 14.2 Å². The van der Waals surface area contributed by atoms with Crippen molar-refractivity contribution in [1.82, 2.24) is 9.29 Å². The van der Waals surface area contributed by atoms with Crippen molar-refractivity contribution in [3.63, 3.8) is 0 Å². The van der Waals surface area contributed by atoms with Crippen molar-refractivity contribution in [1.29, 1.82) is 0 Å². The van der Waals surface area contributed by atoms with Gasteiger partial charge in [0.15, 0.2) is 0 Å². The van der Waals surface area contributed by atoms with Crippen LogP contribution in [0.1, 0.15) is 29.8 Å². The van der Waals surface area contributed by atoms with E-state index in [0.717, 1.165) is 0 Å². The lowest BCUT2D eigenvalue weighted by molar-refractivity contribution is -0.0440. The molecule has 2 heterocycles. The Morgan fingerprint density at radius 3 is 2.55 bits per heavy atom. The number of hydrogen-bond acceptors (Lipinski definition) is 7. The third-order valence-electron chi connectivity index (χ3n) is 4.47. The molecule has 2 aromatic rings. The molecule has 8 nitrogen and oxygen atoms in total. The molecule has 2 atom stereocenters. The quantitative estimate of drug-likeness (QED) is 0.662. The molecule has 3 rings (SSSR count). The SMILES string of the molecule is COc1ccc(COC(=O)c2cccc(S(=O)(=O)N3C[C@H](C)O[C@@H](C)C3)c2)cn1. The molecule has 1 aromatic carbocycles. The average Bonchev–Trinajstić information content (AvgIpc) is 2.71. The molecule has 0 N–H and O–H groups in total. The number of benzene rings is 1. The summed E-state index contributed by atoms with van der Waals surface area (Å²) < 4.78 is 43.2. The summed E-state index contributed by atoms with van der Waals surface area (Å²) in [6, 6.07) is 9.28. The first-order valence-electron chi connectivity index (χ1n) is 9.21. The minimum absolute atomic E-state index is 0.0191. The molecule has 0 radical (unpaired) electrons. The van der Waals surface area contributed by atoms with Crippen molar-refractivity contribution in [2.24, 2.45) is 0 Å². The van der Waals surface area contributed by atoms with Gasteiger partial charge >= 0.3 is 5.97 Å². The summed E-state index contributed by atoms with van der Waals surface area (Å²) in [6.07, 6.45) is 1.16. The molecule has 1 saturated heterocycles. The van der Waals surface area contributed by atoms with E-state index in [1.165, 1.54) is 35.7 Å². The Kier molecular flexibility index (Phi) is 6.51. The molecule has 1 aliphatic heterocycles. The number of aromatic nitrogens is 1. The highest BCUT2D eigenvalue weighted by Gasteiger charge is 2.32. The summed E-state index contributed by atoms with van der Waals surface area (Å²) in [6.45, 7) is 4.23. The van der Waals surface area contributed by atoms with Crippen LogP contribution in [0.4, 0.5) is 0 Å². The van der Waals surface area contributed by atoms with Crippen LogP contribution in [0.2, 0.25) is 0 Å². The summed E-state index contributed by atoms with van der Waals surface area (Å²) in [5, 5.41) is 0. The van der Waals surface area contributed by atoms with Crippen LogP contribution in [0.5, 0.6) is 5.88 Å². The third-order valence-corrected chi connectivity index (χ3v) is 6.30. The van der Waals surface area contributed by atoms with E-state index in [1.807, 2.05) is 13.8 Å². The monoisotopic (exact) mass is 420 g/mol. The van der Waals surface area contributed by atoms with Gasteiger partial charge in [-0.05, 0) is 38.1 Å². The van der Waals surface area contributed by atoms with Gasteiger partial charge in [-0.2, -0.15) is 4.31 Å². The molecule has 156 valence electrons. The molecule has 0 bridgehead atoms. The van der Waals surface area contributed by atoms with Crippen LogP contribution in [0.15, 0.2) is 47.5 Å². The zero-order valence-corrected chi connectivity index (χ0v) is 17.4. The predicted octanol–water partition coefficient (Wildman–Crippen LogP) is 2.25. The number of hydrogen-bond donors (Lipinski definition) is 0. The van der Waals surface area contributed by atoms with Crippen LogP contribution in [0, 0.1) is 0 Å². The fraction of sp³-hybridized carbons (Fsp3) is 0.400. The number of nitrogens with zero attached hydrogens (tertiary/aromatic N) is 2. The largest absolute Gasteiger partial charge is 0.481 e. The van der Waals surface area contributed by atoms with Crippen LogP contribution in [-0.4, -0.2) is 56.1 Å². The molecule has 0 amide bonds. The number of carbonyl (C=O) groups excluding carboxylic acids is 1. The first-order valence-corrected chi connectivity index (χ1v) is 10.7. The number of pyridine rings is 1. The molecular weight excluding hydrogens is 396 g/mol. The van der Waals surface area contributed by atoms with Crippen molar-refractivity contribution < 1.29 is 27.4 Å². The van der Waals surface area contributed by atoms with Gasteiger partial charge in [0, 0.05) is 30.9 Å². The van der Waals surface area contributed by atoms with E-state index in [2.05, 4.69) is 4.98 Å². The fourth-order valence-electron chi connectivity index (χ4n) is 3.11. The van der Waals surface area contributed by atoms with Crippen LogP contribution in [0.25, 0.3) is 0 Å². The predicted molar refractivity (Wildman–Crippen MR) is 105 cm³/mol. The minimum Gasteiger partial charge on any atom is -0.481 e. The topological polar surface area (TPSA) is 95.0 Å². The molecular formula is C20H24N2O6S. The molecule has 1 aromatic heterocycles. The number of carbonyl (C=O) groups is 1. The Hall–Kier alpha value is -2.49. The zero-order chi connectivity index (χ0) is 21.0. The van der Waals surface area contributed by atoms with E-state index in [1.54, 1.807) is 18.3 Å². The van der Waals surface area contributed by atoms with Gasteiger partial charge in [-0.25, -0.2) is 18.2 Å². The highest BCUT2D eigenvalue weighted by Crippen LogP contribution is 2.22. The highest BCUT2D eigenvalue weighted by molar-refractivity contribution is 7.89. The minimum atomic E-state index is -3.74. The van der Waals surface area contributed by atoms with Crippen LogP contribution in [-0.2, 0) is 26.1 Å². The van der Waals surface area contributed by atoms with Gasteiger partial charge in [-0.15, -0.1) is 0 Å². The van der Waals surface area contributed by atoms with Gasteiger partial charge in [-0.1, -0.05) is 6.07 Å². The zero-order valence-electron chi connectivity index (χ0n) is 16.6. The van der Waals surface area contributed by atoms with Crippen LogP contribution >= 0.6 is 0 Å². The van der Waals surface area contributed by atoms with Gasteiger partial charge in [-0.3, -0.25) is 0 Å². The van der Waals surface area contributed by atoms with Crippen molar-refractivity contribution >= 4 is 16.0 Å². The van der Waals surface area contributed by atoms with Crippen LogP contribution in [0.3, 0.4) is 0 Å². The molecule has 0 saturated carbocycles. The first-order chi connectivity index (χ1) is 13.8. The molecule has 0 aliphatic carbocycles. The number of esters is 1. The Labute approximate surface area is 170 Å². The lowest BCUT2D eigenvalue weighted by Gasteiger charge is -2.34. The lowest BCUT2D eigenvalue weighted by Crippen LogP contribution is -2.48. The Balaban J connectivity index is 1.71. The summed E-state index contributed by atoms with van der Waals surface area (Å²) in [5.74, 6) is -0.147. The highest BCUT2D eigenvalue weighted by atomic mass is 32.2. The van der Waals surface area contributed by atoms with Crippen molar-refractivity contribution in [2.45, 2.75) is 37.6 Å². The van der Waals surface area contributed by atoms with Gasteiger partial charge in [0.25, 0.3) is 0 Å². The number of rotatable bonds is 6. The molecule has 0 spiro atoms. The molecule has 1 fully saturated rings. The van der Waals surface area contributed by atoms with Crippen LogP contribution < -0.4 is 4.74 Å². The number of ether oxygens (including phenoxy) is 3. The van der Waals surface area contributed by atoms with Crippen molar-refractivity contribution in [2.75, 3.05) is 20.2 Å². The smallest absolute Gasteiger partial charge is 0.338 e. The maximum atomic E-state index is 13.0. The van der Waals surface area contributed by atoms with Gasteiger partial charge in [0.2, 0.25) is 15.9 Å². The average molecular weight is 420 g/mol. The summed E-state index contributed by atoms with van der Waals surface area (Å²) >= 11 is 0. The van der Waals surface area contributed by atoms with Gasteiger partial charge < -0.3 is 14.2 Å². The third kappa shape index (κ3) is 5.11. The summed E-state index contributed by atoms with van der Waals surface area (Å²) in [4.78, 5) is 16.5. The molecule has 1 aliphatic rings. The summed E-state index contributed by atoms with van der Waals surface area (Å²) in [5.41, 5.74) is 0.862. The Morgan fingerprint density at radius 1 is 1.21 bits per heavy atom. The van der Waals surface area contributed by atoms with Crippen molar-refractivity contribution in [3.8, 4) is 5.88 Å². The van der Waals surface area contributed by atoms with Crippen molar-refractivity contribution in [3.05, 3.63) is 53.7 Å². The van der Waals surface area contributed by atoms with E-state index >= 15 is 0 Å². The molecule has 29 heavy (non-hydrogen) atoms. The van der Waals surface area contributed by atoms with Gasteiger partial charge in [0.05, 0.1) is 29.8 Å². The Bertz CT molecular complexity index is 951. The maximum absolute atomic E-state index is 13.0. The maximum Gasteiger partial charge on any atom is 0.338 e. The second-order valence-electron chi connectivity index (χ2n) is 6.89. The standard InChI is InChI=1S/C20H24N2O6S/c1-14-11-22(12-15(2)28-14)29(24,25)18-6-4-5-17(9-18)20(23)27-13-16-7-8-19(26-3)21-10-16/h4-10,14-15H,11-13H2,1-3H3/t14-,15-/m0/s1. The van der Waals surface area contributed by atoms with E-state index in [9.17, 15) is 13.2 Å². The summed E-state index contributed by atoms with van der Waals surface area (Å²) in [7, 11) is -2.22. The van der Waals surface area contributed by atoms with E-state index < -0.39 is 16.0 Å². The van der Waals surface area contributed by atoms with E-state index in [0.29, 0.717) is 11.4 Å². The number of sulfonamides is 1. The fourth-order valence-corrected chi connectivity index (χ4v) is 4.75. The second kappa shape index (κ2) is 8.89. The Morgan fingerprint density at radius 2 is 1.93 bits per heavy atom. The second-order valence-corrected chi connectivity index (χ2v) is 8.83. The first kappa shape index (κ1) is 21.2.